The van der Waals surface area contributed by atoms with Crippen molar-refractivity contribution in [2.75, 3.05) is 5.73 Å². The van der Waals surface area contributed by atoms with Gasteiger partial charge in [-0.05, 0) is 42.9 Å². The van der Waals surface area contributed by atoms with E-state index in [4.69, 9.17) is 10.3 Å². The van der Waals surface area contributed by atoms with Crippen molar-refractivity contribution in [1.82, 2.24) is 15.1 Å². The fourth-order valence-corrected chi connectivity index (χ4v) is 2.34. The van der Waals surface area contributed by atoms with E-state index in [1.165, 1.54) is 0 Å². The molecule has 6 heteroatoms. The van der Waals surface area contributed by atoms with E-state index in [0.717, 1.165) is 39.1 Å². The van der Waals surface area contributed by atoms with Gasteiger partial charge in [0, 0.05) is 0 Å². The van der Waals surface area contributed by atoms with E-state index in [1.807, 2.05) is 13.8 Å². The molecule has 0 aliphatic rings. The summed E-state index contributed by atoms with van der Waals surface area (Å²) in [5.41, 5.74) is 8.57. The van der Waals surface area contributed by atoms with Gasteiger partial charge >= 0.3 is 0 Å². The quantitative estimate of drug-likeness (QED) is 0.854. The van der Waals surface area contributed by atoms with Crippen LogP contribution < -0.4 is 5.73 Å². The lowest BCUT2D eigenvalue weighted by Gasteiger charge is -2.07. The molecular formula is C12H15IN4O. The van der Waals surface area contributed by atoms with E-state index in [1.54, 1.807) is 0 Å². The summed E-state index contributed by atoms with van der Waals surface area (Å²) in [6.07, 6.45) is 1.91. The summed E-state index contributed by atoms with van der Waals surface area (Å²) in [5, 5.41) is 3.92. The van der Waals surface area contributed by atoms with Gasteiger partial charge in [0.2, 0.25) is 0 Å². The predicted molar refractivity (Wildman–Crippen MR) is 78.1 cm³/mol. The number of hydrogen-bond acceptors (Lipinski definition) is 5. The highest BCUT2D eigenvalue weighted by atomic mass is 127. The van der Waals surface area contributed by atoms with Gasteiger partial charge < -0.3 is 10.3 Å². The molecule has 0 unspecified atom stereocenters. The van der Waals surface area contributed by atoms with Gasteiger partial charge in [-0.1, -0.05) is 18.5 Å². The van der Waals surface area contributed by atoms with Crippen LogP contribution >= 0.6 is 22.6 Å². The minimum absolute atomic E-state index is 0.518. The molecule has 96 valence electrons. The van der Waals surface area contributed by atoms with Crippen LogP contribution in [0.5, 0.6) is 0 Å². The van der Waals surface area contributed by atoms with Gasteiger partial charge in [0.25, 0.3) is 0 Å². The van der Waals surface area contributed by atoms with Crippen molar-refractivity contribution in [1.29, 1.82) is 0 Å². The molecule has 0 aliphatic carbocycles. The molecule has 0 spiro atoms. The predicted octanol–water partition coefficient (Wildman–Crippen LogP) is 2.89. The zero-order valence-electron chi connectivity index (χ0n) is 10.6. The first kappa shape index (κ1) is 13.3. The molecule has 0 atom stereocenters. The lowest BCUT2D eigenvalue weighted by atomic mass is 10.1. The van der Waals surface area contributed by atoms with Crippen LogP contribution in [0.25, 0.3) is 11.4 Å². The van der Waals surface area contributed by atoms with Crippen molar-refractivity contribution in [3.05, 3.63) is 20.7 Å². The maximum atomic E-state index is 5.95. The van der Waals surface area contributed by atoms with E-state index in [-0.39, 0.29) is 0 Å². The minimum Gasteiger partial charge on any atom is -0.383 e. The largest absolute Gasteiger partial charge is 0.383 e. The third-order valence-electron chi connectivity index (χ3n) is 2.69. The summed E-state index contributed by atoms with van der Waals surface area (Å²) in [7, 11) is 0. The third-order valence-corrected chi connectivity index (χ3v) is 3.86. The molecular weight excluding hydrogens is 343 g/mol. The van der Waals surface area contributed by atoms with Crippen molar-refractivity contribution in [3.8, 4) is 11.4 Å². The maximum absolute atomic E-state index is 5.95. The zero-order chi connectivity index (χ0) is 13.3. The van der Waals surface area contributed by atoms with Gasteiger partial charge in [-0.3, -0.25) is 0 Å². The van der Waals surface area contributed by atoms with Gasteiger partial charge in [-0.2, -0.15) is 0 Å². The van der Waals surface area contributed by atoms with Crippen LogP contribution in [-0.4, -0.2) is 15.1 Å². The number of nitrogens with two attached hydrogens (primary N) is 1. The Morgan fingerprint density at radius 2 is 2.00 bits per heavy atom. The number of hydrogen-bond donors (Lipinski definition) is 1. The van der Waals surface area contributed by atoms with Crippen LogP contribution in [0.4, 0.5) is 5.82 Å². The van der Waals surface area contributed by atoms with Crippen molar-refractivity contribution in [2.24, 2.45) is 0 Å². The van der Waals surface area contributed by atoms with Crippen LogP contribution in [0.15, 0.2) is 4.52 Å². The van der Waals surface area contributed by atoms with Gasteiger partial charge in [0.05, 0.1) is 20.5 Å². The molecule has 0 saturated heterocycles. The van der Waals surface area contributed by atoms with E-state index in [0.29, 0.717) is 11.6 Å². The van der Waals surface area contributed by atoms with Crippen molar-refractivity contribution < 1.29 is 4.52 Å². The molecule has 2 rings (SSSR count). The molecule has 0 bridgehead atoms. The van der Waals surface area contributed by atoms with E-state index >= 15 is 0 Å². The average Bonchev–Trinajstić information content (AvgIpc) is 2.65. The number of rotatable bonds is 3. The highest BCUT2D eigenvalue weighted by molar-refractivity contribution is 14.1. The first-order valence-corrected chi connectivity index (χ1v) is 6.87. The van der Waals surface area contributed by atoms with Gasteiger partial charge in [0.1, 0.15) is 11.6 Å². The number of aryl methyl sites for hydroxylation is 3. The molecule has 0 aromatic carbocycles. The molecule has 2 N–H and O–H groups in total. The zero-order valence-corrected chi connectivity index (χ0v) is 12.8. The molecule has 0 amide bonds. The minimum atomic E-state index is 0.518. The third kappa shape index (κ3) is 2.33. The fourth-order valence-electron chi connectivity index (χ4n) is 1.83. The Bertz CT molecular complexity index is 560. The van der Waals surface area contributed by atoms with Crippen LogP contribution in [-0.2, 0) is 6.42 Å². The molecule has 0 radical (unpaired) electrons. The second-order valence-electron chi connectivity index (χ2n) is 4.14. The van der Waals surface area contributed by atoms with E-state index in [9.17, 15) is 0 Å². The Balaban J connectivity index is 2.59. The number of aromatic nitrogens is 3. The molecule has 5 nitrogen and oxygen atoms in total. The summed E-state index contributed by atoms with van der Waals surface area (Å²) in [5.74, 6) is 1.84. The first-order chi connectivity index (χ1) is 8.54. The molecule has 0 saturated carbocycles. The van der Waals surface area contributed by atoms with E-state index in [2.05, 4.69) is 44.6 Å². The Hall–Kier alpha value is -1.18. The average molecular weight is 358 g/mol. The highest BCUT2D eigenvalue weighted by Crippen LogP contribution is 2.27. The van der Waals surface area contributed by atoms with Crippen LogP contribution in [0.3, 0.4) is 0 Å². The summed E-state index contributed by atoms with van der Waals surface area (Å²) in [6, 6.07) is 0. The van der Waals surface area contributed by atoms with E-state index < -0.39 is 0 Å². The topological polar surface area (TPSA) is 77.8 Å². The van der Waals surface area contributed by atoms with Gasteiger partial charge in [-0.25, -0.2) is 9.97 Å². The highest BCUT2D eigenvalue weighted by Gasteiger charge is 2.17. The number of nitrogens with zero attached hydrogens (tertiary/aromatic N) is 3. The molecule has 0 fully saturated rings. The Kier molecular flexibility index (Phi) is 3.84. The summed E-state index contributed by atoms with van der Waals surface area (Å²) < 4.78 is 6.08. The van der Waals surface area contributed by atoms with Gasteiger partial charge in [0.15, 0.2) is 5.82 Å². The number of nitrogen functional groups attached to an aromatic ring is 1. The number of anilines is 1. The molecule has 2 aromatic rings. The molecule has 2 heterocycles. The van der Waals surface area contributed by atoms with Crippen LogP contribution in [0.1, 0.15) is 30.5 Å². The Morgan fingerprint density at radius 3 is 2.56 bits per heavy atom. The maximum Gasteiger partial charge on any atom is 0.167 e. The van der Waals surface area contributed by atoms with Crippen molar-refractivity contribution in [2.45, 2.75) is 33.6 Å². The lowest BCUT2D eigenvalue weighted by molar-refractivity contribution is 0.393. The van der Waals surface area contributed by atoms with Crippen LogP contribution in [0.2, 0.25) is 0 Å². The Labute approximate surface area is 119 Å². The van der Waals surface area contributed by atoms with Crippen molar-refractivity contribution >= 4 is 28.4 Å². The number of halogens is 1. The summed E-state index contributed by atoms with van der Waals surface area (Å²) in [6.45, 7) is 5.85. The monoisotopic (exact) mass is 358 g/mol. The molecule has 2 aromatic heterocycles. The Morgan fingerprint density at radius 1 is 1.28 bits per heavy atom. The fraction of sp³-hybridized carbons (Fsp3) is 0.417. The summed E-state index contributed by atoms with van der Waals surface area (Å²) >= 11 is 2.19. The molecule has 18 heavy (non-hydrogen) atoms. The van der Waals surface area contributed by atoms with Gasteiger partial charge in [-0.15, -0.1) is 0 Å². The van der Waals surface area contributed by atoms with Crippen molar-refractivity contribution in [3.63, 3.8) is 0 Å². The molecule has 0 aliphatic heterocycles. The summed E-state index contributed by atoms with van der Waals surface area (Å²) in [4.78, 5) is 8.93. The smallest absolute Gasteiger partial charge is 0.167 e. The second kappa shape index (κ2) is 5.21. The van der Waals surface area contributed by atoms with Crippen LogP contribution in [0, 0.1) is 17.4 Å². The SMILES string of the molecule is CCCc1nc(-c2c(C)noc2C)nc(N)c1I. The standard InChI is InChI=1S/C12H15IN4O/c1-4-5-8-10(13)11(14)16-12(15-8)9-6(2)17-18-7(9)3/h4-5H2,1-3H3,(H2,14,15,16). The first-order valence-electron chi connectivity index (χ1n) is 5.79. The second-order valence-corrected chi connectivity index (χ2v) is 5.22. The lowest BCUT2D eigenvalue weighted by Crippen LogP contribution is -2.05. The normalized spacial score (nSPS) is 10.9.